The molecule has 0 radical (unpaired) electrons. The van der Waals surface area contributed by atoms with E-state index in [4.69, 9.17) is 5.73 Å². The number of rotatable bonds is 3. The summed E-state index contributed by atoms with van der Waals surface area (Å²) in [5.74, 6) is 0.768. The first-order valence-electron chi connectivity index (χ1n) is 5.19. The Morgan fingerprint density at radius 2 is 2.31 bits per heavy atom. The Hall–Kier alpha value is -0.570. The van der Waals surface area contributed by atoms with Gasteiger partial charge < -0.3 is 11.1 Å². The van der Waals surface area contributed by atoms with E-state index in [0.717, 1.165) is 18.8 Å². The van der Waals surface area contributed by atoms with Crippen molar-refractivity contribution in [1.82, 2.24) is 5.32 Å². The summed E-state index contributed by atoms with van der Waals surface area (Å²) in [6, 6.07) is 0.0519. The van der Waals surface area contributed by atoms with Crippen LogP contribution in [-0.4, -0.2) is 18.0 Å². The molecule has 0 heterocycles. The Kier molecular flexibility index (Phi) is 3.72. The largest absolute Gasteiger partial charge is 0.352 e. The van der Waals surface area contributed by atoms with E-state index in [2.05, 4.69) is 12.2 Å². The molecule has 3 N–H and O–H groups in total. The maximum absolute atomic E-state index is 11.4. The van der Waals surface area contributed by atoms with Gasteiger partial charge in [0, 0.05) is 6.04 Å². The molecular formula is C10H20N2O. The number of carbonyl (C=O) groups is 1. The van der Waals surface area contributed by atoms with Crippen molar-refractivity contribution in [3.63, 3.8) is 0 Å². The molecule has 0 aliphatic heterocycles. The summed E-state index contributed by atoms with van der Waals surface area (Å²) in [5, 5.41) is 3.00. The van der Waals surface area contributed by atoms with Gasteiger partial charge in [-0.1, -0.05) is 13.8 Å². The van der Waals surface area contributed by atoms with Gasteiger partial charge in [0.25, 0.3) is 0 Å². The summed E-state index contributed by atoms with van der Waals surface area (Å²) < 4.78 is 0. The third-order valence-electron chi connectivity index (χ3n) is 2.82. The molecule has 3 atom stereocenters. The summed E-state index contributed by atoms with van der Waals surface area (Å²) in [4.78, 5) is 11.4. The van der Waals surface area contributed by atoms with Crippen LogP contribution in [0.25, 0.3) is 0 Å². The fourth-order valence-corrected chi connectivity index (χ4v) is 1.83. The zero-order valence-corrected chi connectivity index (χ0v) is 8.55. The van der Waals surface area contributed by atoms with Crippen molar-refractivity contribution in [3.8, 4) is 0 Å². The minimum atomic E-state index is -0.323. The lowest BCUT2D eigenvalue weighted by Crippen LogP contribution is -2.44. The molecule has 76 valence electrons. The van der Waals surface area contributed by atoms with E-state index >= 15 is 0 Å². The SMILES string of the molecule is CCC(N)C(=O)NC1CCC(C)C1. The van der Waals surface area contributed by atoms with Crippen molar-refractivity contribution in [2.24, 2.45) is 11.7 Å². The molecule has 0 aromatic carbocycles. The lowest BCUT2D eigenvalue weighted by molar-refractivity contribution is -0.123. The highest BCUT2D eigenvalue weighted by atomic mass is 16.2. The third kappa shape index (κ3) is 2.99. The maximum Gasteiger partial charge on any atom is 0.237 e. The predicted octanol–water partition coefficient (Wildman–Crippen LogP) is 1.03. The van der Waals surface area contributed by atoms with Crippen molar-refractivity contribution in [1.29, 1.82) is 0 Å². The van der Waals surface area contributed by atoms with Gasteiger partial charge in [-0.15, -0.1) is 0 Å². The fraction of sp³-hybridized carbons (Fsp3) is 0.900. The quantitative estimate of drug-likeness (QED) is 0.688. The number of nitrogens with one attached hydrogen (secondary N) is 1. The van der Waals surface area contributed by atoms with Crippen molar-refractivity contribution < 1.29 is 4.79 Å². The first-order chi connectivity index (χ1) is 6.13. The number of amides is 1. The van der Waals surface area contributed by atoms with E-state index in [-0.39, 0.29) is 11.9 Å². The molecule has 1 saturated carbocycles. The molecular weight excluding hydrogens is 164 g/mol. The van der Waals surface area contributed by atoms with E-state index in [9.17, 15) is 4.79 Å². The van der Waals surface area contributed by atoms with Crippen LogP contribution in [-0.2, 0) is 4.79 Å². The molecule has 1 amide bonds. The number of hydrogen-bond acceptors (Lipinski definition) is 2. The molecule has 0 spiro atoms. The van der Waals surface area contributed by atoms with Gasteiger partial charge in [0.05, 0.1) is 6.04 Å². The molecule has 1 rings (SSSR count). The topological polar surface area (TPSA) is 55.1 Å². The Balaban J connectivity index is 2.28. The zero-order chi connectivity index (χ0) is 9.84. The Morgan fingerprint density at radius 1 is 1.62 bits per heavy atom. The monoisotopic (exact) mass is 184 g/mol. The molecule has 0 saturated heterocycles. The lowest BCUT2D eigenvalue weighted by atomic mass is 10.1. The van der Waals surface area contributed by atoms with Crippen LogP contribution < -0.4 is 11.1 Å². The van der Waals surface area contributed by atoms with Crippen molar-refractivity contribution in [2.45, 2.75) is 51.6 Å². The van der Waals surface area contributed by atoms with Crippen molar-refractivity contribution >= 4 is 5.91 Å². The van der Waals surface area contributed by atoms with Gasteiger partial charge in [0.2, 0.25) is 5.91 Å². The summed E-state index contributed by atoms with van der Waals surface area (Å²) >= 11 is 0. The lowest BCUT2D eigenvalue weighted by Gasteiger charge is -2.15. The minimum Gasteiger partial charge on any atom is -0.352 e. The second kappa shape index (κ2) is 4.61. The highest BCUT2D eigenvalue weighted by molar-refractivity contribution is 5.81. The van der Waals surface area contributed by atoms with E-state index in [1.165, 1.54) is 6.42 Å². The highest BCUT2D eigenvalue weighted by Gasteiger charge is 2.23. The minimum absolute atomic E-state index is 0.0154. The van der Waals surface area contributed by atoms with Crippen LogP contribution in [0.4, 0.5) is 0 Å². The van der Waals surface area contributed by atoms with Crippen LogP contribution in [0.1, 0.15) is 39.5 Å². The zero-order valence-electron chi connectivity index (χ0n) is 8.55. The second-order valence-electron chi connectivity index (χ2n) is 4.14. The van der Waals surface area contributed by atoms with Gasteiger partial charge in [-0.25, -0.2) is 0 Å². The molecule has 1 aliphatic rings. The average Bonchev–Trinajstić information content (AvgIpc) is 2.49. The molecule has 13 heavy (non-hydrogen) atoms. The van der Waals surface area contributed by atoms with E-state index in [0.29, 0.717) is 12.5 Å². The Labute approximate surface area is 80.1 Å². The summed E-state index contributed by atoms with van der Waals surface area (Å²) in [6.07, 6.45) is 4.17. The van der Waals surface area contributed by atoms with E-state index < -0.39 is 0 Å². The van der Waals surface area contributed by atoms with Gasteiger partial charge in [0.1, 0.15) is 0 Å². The summed E-state index contributed by atoms with van der Waals surface area (Å²) in [6.45, 7) is 4.16. The Bertz CT molecular complexity index is 182. The molecule has 1 fully saturated rings. The van der Waals surface area contributed by atoms with E-state index in [1.54, 1.807) is 0 Å². The number of carbonyl (C=O) groups excluding carboxylic acids is 1. The summed E-state index contributed by atoms with van der Waals surface area (Å²) in [7, 11) is 0. The number of hydrogen-bond donors (Lipinski definition) is 2. The first kappa shape index (κ1) is 10.5. The molecule has 0 bridgehead atoms. The van der Waals surface area contributed by atoms with Gasteiger partial charge >= 0.3 is 0 Å². The normalized spacial score (nSPS) is 30.1. The Morgan fingerprint density at radius 3 is 2.77 bits per heavy atom. The van der Waals surface area contributed by atoms with Crippen LogP contribution in [0.15, 0.2) is 0 Å². The van der Waals surface area contributed by atoms with Crippen LogP contribution in [0.2, 0.25) is 0 Å². The average molecular weight is 184 g/mol. The van der Waals surface area contributed by atoms with Crippen molar-refractivity contribution in [2.75, 3.05) is 0 Å². The van der Waals surface area contributed by atoms with Crippen LogP contribution in [0.5, 0.6) is 0 Å². The van der Waals surface area contributed by atoms with Gasteiger partial charge in [-0.05, 0) is 31.6 Å². The van der Waals surface area contributed by atoms with Crippen molar-refractivity contribution in [3.05, 3.63) is 0 Å². The predicted molar refractivity (Wildman–Crippen MR) is 53.2 cm³/mol. The fourth-order valence-electron chi connectivity index (χ4n) is 1.83. The van der Waals surface area contributed by atoms with Gasteiger partial charge in [-0.3, -0.25) is 4.79 Å². The molecule has 3 heteroatoms. The third-order valence-corrected chi connectivity index (χ3v) is 2.82. The summed E-state index contributed by atoms with van der Waals surface area (Å²) in [5.41, 5.74) is 5.62. The smallest absolute Gasteiger partial charge is 0.237 e. The molecule has 0 aromatic heterocycles. The van der Waals surface area contributed by atoms with Crippen LogP contribution in [0.3, 0.4) is 0 Å². The molecule has 3 nitrogen and oxygen atoms in total. The van der Waals surface area contributed by atoms with E-state index in [1.807, 2.05) is 6.92 Å². The molecule has 1 aliphatic carbocycles. The van der Waals surface area contributed by atoms with Crippen LogP contribution in [0, 0.1) is 5.92 Å². The molecule has 0 aromatic rings. The maximum atomic E-state index is 11.4. The van der Waals surface area contributed by atoms with Crippen LogP contribution >= 0.6 is 0 Å². The highest BCUT2D eigenvalue weighted by Crippen LogP contribution is 2.24. The van der Waals surface area contributed by atoms with Gasteiger partial charge in [-0.2, -0.15) is 0 Å². The standard InChI is InChI=1S/C10H20N2O/c1-3-9(11)10(13)12-8-5-4-7(2)6-8/h7-9H,3-6,11H2,1-2H3,(H,12,13). The number of nitrogens with two attached hydrogens (primary N) is 1. The van der Waals surface area contributed by atoms with Gasteiger partial charge in [0.15, 0.2) is 0 Å². The first-order valence-corrected chi connectivity index (χ1v) is 5.19. The second-order valence-corrected chi connectivity index (χ2v) is 4.14. The molecule has 3 unspecified atom stereocenters.